The summed E-state index contributed by atoms with van der Waals surface area (Å²) in [6.07, 6.45) is 1.48. The summed E-state index contributed by atoms with van der Waals surface area (Å²) in [4.78, 5) is 25.0. The van der Waals surface area contributed by atoms with Crippen LogP contribution in [0.1, 0.15) is 18.4 Å². The number of anilines is 1. The molecule has 3 rings (SSSR count). The van der Waals surface area contributed by atoms with Crippen LogP contribution in [0.3, 0.4) is 0 Å². The van der Waals surface area contributed by atoms with Gasteiger partial charge in [-0.2, -0.15) is 0 Å². The summed E-state index contributed by atoms with van der Waals surface area (Å²) in [6, 6.07) is 12.7. The molecule has 5 nitrogen and oxygen atoms in total. The number of carboxylic acids is 1. The molecular weight excluding hydrogens is 325 g/mol. The molecule has 130 valence electrons. The Morgan fingerprint density at radius 1 is 1.12 bits per heavy atom. The fourth-order valence-electron chi connectivity index (χ4n) is 2.87. The minimum atomic E-state index is -1.05. The van der Waals surface area contributed by atoms with Gasteiger partial charge in [0.25, 0.3) is 0 Å². The van der Waals surface area contributed by atoms with Crippen molar-refractivity contribution in [2.45, 2.75) is 18.3 Å². The second kappa shape index (κ2) is 6.55. The van der Waals surface area contributed by atoms with Gasteiger partial charge in [0.05, 0.1) is 5.41 Å². The third kappa shape index (κ3) is 3.47. The number of hydrogen-bond acceptors (Lipinski definition) is 3. The first-order valence-electron chi connectivity index (χ1n) is 7.91. The van der Waals surface area contributed by atoms with E-state index in [1.165, 1.54) is 12.1 Å². The summed E-state index contributed by atoms with van der Waals surface area (Å²) < 4.78 is 18.2. The molecule has 1 aliphatic rings. The highest BCUT2D eigenvalue weighted by atomic mass is 19.1. The van der Waals surface area contributed by atoms with Crippen molar-refractivity contribution in [3.8, 4) is 5.75 Å². The van der Waals surface area contributed by atoms with Crippen LogP contribution in [0.2, 0.25) is 0 Å². The van der Waals surface area contributed by atoms with Gasteiger partial charge < -0.3 is 14.7 Å². The number of ether oxygens (including phenoxy) is 1. The molecule has 0 aromatic heterocycles. The van der Waals surface area contributed by atoms with Gasteiger partial charge in [0.2, 0.25) is 5.91 Å². The van der Waals surface area contributed by atoms with Gasteiger partial charge in [-0.1, -0.05) is 12.1 Å². The van der Waals surface area contributed by atoms with Gasteiger partial charge in [-0.15, -0.1) is 0 Å². The monoisotopic (exact) mass is 343 g/mol. The highest BCUT2D eigenvalue weighted by molar-refractivity contribution is 6.02. The molecule has 2 aromatic carbocycles. The fourth-order valence-corrected chi connectivity index (χ4v) is 2.87. The Bertz CT molecular complexity index is 782. The lowest BCUT2D eigenvalue weighted by molar-refractivity contribution is -0.139. The van der Waals surface area contributed by atoms with Crippen LogP contribution in [0.4, 0.5) is 10.1 Å². The summed E-state index contributed by atoms with van der Waals surface area (Å²) in [5.41, 5.74) is 0.925. The van der Waals surface area contributed by atoms with Crippen LogP contribution in [0, 0.1) is 5.82 Å². The van der Waals surface area contributed by atoms with Gasteiger partial charge in [0, 0.05) is 12.7 Å². The minimum absolute atomic E-state index is 0.0432. The summed E-state index contributed by atoms with van der Waals surface area (Å²) in [6.45, 7) is -0.415. The predicted octanol–water partition coefficient (Wildman–Crippen LogP) is 2.98. The van der Waals surface area contributed by atoms with Crippen LogP contribution in [0.15, 0.2) is 48.5 Å². The Balaban J connectivity index is 1.74. The summed E-state index contributed by atoms with van der Waals surface area (Å²) >= 11 is 0. The summed E-state index contributed by atoms with van der Waals surface area (Å²) in [7, 11) is 1.69. The van der Waals surface area contributed by atoms with E-state index in [4.69, 9.17) is 9.84 Å². The van der Waals surface area contributed by atoms with E-state index in [9.17, 15) is 14.0 Å². The molecule has 0 saturated heterocycles. The number of aliphatic carboxylic acids is 1. The van der Waals surface area contributed by atoms with Crippen molar-refractivity contribution in [1.29, 1.82) is 0 Å². The van der Waals surface area contributed by atoms with Crippen LogP contribution in [-0.4, -0.2) is 30.6 Å². The van der Waals surface area contributed by atoms with Gasteiger partial charge in [0.1, 0.15) is 11.6 Å². The number of carbonyl (C=O) groups excluding carboxylic acids is 1. The average Bonchev–Trinajstić information content (AvgIpc) is 3.41. The number of carbonyl (C=O) groups is 2. The van der Waals surface area contributed by atoms with Crippen LogP contribution >= 0.6 is 0 Å². The molecule has 0 unspecified atom stereocenters. The van der Waals surface area contributed by atoms with Crippen molar-refractivity contribution >= 4 is 17.6 Å². The maximum absolute atomic E-state index is 13.1. The maximum atomic E-state index is 13.1. The number of amides is 1. The first-order chi connectivity index (χ1) is 11.9. The Morgan fingerprint density at radius 2 is 1.72 bits per heavy atom. The smallest absolute Gasteiger partial charge is 0.341 e. The highest BCUT2D eigenvalue weighted by Gasteiger charge is 2.52. The number of likely N-dealkylation sites (N-methyl/N-ethyl adjacent to an activating group) is 1. The van der Waals surface area contributed by atoms with Crippen molar-refractivity contribution in [2.75, 3.05) is 18.6 Å². The molecule has 25 heavy (non-hydrogen) atoms. The Hall–Kier alpha value is -2.89. The number of halogens is 1. The molecule has 1 N–H and O–H groups in total. The lowest BCUT2D eigenvalue weighted by Crippen LogP contribution is -2.36. The predicted molar refractivity (Wildman–Crippen MR) is 90.3 cm³/mol. The van der Waals surface area contributed by atoms with Crippen LogP contribution in [0.5, 0.6) is 5.75 Å². The second-order valence-electron chi connectivity index (χ2n) is 6.13. The standard InChI is InChI=1S/C19H18FNO4/c1-21(15-6-8-16(9-7-15)25-12-17(22)23)18(24)19(10-11-19)13-2-4-14(20)5-3-13/h2-9H,10-12H2,1H3,(H,22,23). The number of hydrogen-bond donors (Lipinski definition) is 1. The first-order valence-corrected chi connectivity index (χ1v) is 7.91. The third-order valence-electron chi connectivity index (χ3n) is 4.45. The topological polar surface area (TPSA) is 66.8 Å². The van der Waals surface area contributed by atoms with Crippen molar-refractivity contribution in [1.82, 2.24) is 0 Å². The molecule has 1 amide bonds. The zero-order valence-corrected chi connectivity index (χ0v) is 13.7. The Kier molecular flexibility index (Phi) is 4.44. The Morgan fingerprint density at radius 3 is 2.24 bits per heavy atom. The molecule has 0 atom stereocenters. The normalized spacial score (nSPS) is 14.6. The molecule has 0 heterocycles. The van der Waals surface area contributed by atoms with Gasteiger partial charge in [-0.05, 0) is 54.8 Å². The van der Waals surface area contributed by atoms with Crippen molar-refractivity contribution in [3.63, 3.8) is 0 Å². The fraction of sp³-hybridized carbons (Fsp3) is 0.263. The molecule has 0 bridgehead atoms. The first kappa shape index (κ1) is 17.0. The number of benzene rings is 2. The van der Waals surface area contributed by atoms with Crippen LogP contribution in [-0.2, 0) is 15.0 Å². The van der Waals surface area contributed by atoms with Crippen molar-refractivity contribution in [2.24, 2.45) is 0 Å². The average molecular weight is 343 g/mol. The zero-order valence-electron chi connectivity index (χ0n) is 13.7. The van der Waals surface area contributed by atoms with Gasteiger partial charge in [-0.25, -0.2) is 9.18 Å². The highest BCUT2D eigenvalue weighted by Crippen LogP contribution is 2.50. The van der Waals surface area contributed by atoms with Crippen LogP contribution < -0.4 is 9.64 Å². The third-order valence-corrected chi connectivity index (χ3v) is 4.45. The lowest BCUT2D eigenvalue weighted by atomic mass is 9.94. The number of carboxylic acid groups (broad SMARTS) is 1. The number of nitrogens with zero attached hydrogens (tertiary/aromatic N) is 1. The number of rotatable bonds is 6. The minimum Gasteiger partial charge on any atom is -0.482 e. The van der Waals surface area contributed by atoms with Gasteiger partial charge >= 0.3 is 5.97 Å². The van der Waals surface area contributed by atoms with E-state index in [2.05, 4.69) is 0 Å². The van der Waals surface area contributed by atoms with E-state index in [-0.39, 0.29) is 11.7 Å². The second-order valence-corrected chi connectivity index (χ2v) is 6.13. The summed E-state index contributed by atoms with van der Waals surface area (Å²) in [5.74, 6) is -0.992. The molecule has 6 heteroatoms. The van der Waals surface area contributed by atoms with E-state index >= 15 is 0 Å². The molecule has 0 radical (unpaired) electrons. The molecule has 0 aliphatic heterocycles. The molecule has 1 fully saturated rings. The molecular formula is C19H18FNO4. The molecule has 1 saturated carbocycles. The summed E-state index contributed by atoms with van der Waals surface area (Å²) in [5, 5.41) is 8.61. The largest absolute Gasteiger partial charge is 0.482 e. The van der Waals surface area contributed by atoms with E-state index in [1.807, 2.05) is 0 Å². The molecule has 2 aromatic rings. The SMILES string of the molecule is CN(C(=O)C1(c2ccc(F)cc2)CC1)c1ccc(OCC(=O)O)cc1. The molecule has 1 aliphatic carbocycles. The quantitative estimate of drug-likeness (QED) is 0.876. The van der Waals surface area contributed by atoms with E-state index in [1.54, 1.807) is 48.3 Å². The molecule has 0 spiro atoms. The Labute approximate surface area is 144 Å². The van der Waals surface area contributed by atoms with Crippen molar-refractivity contribution < 1.29 is 23.8 Å². The van der Waals surface area contributed by atoms with E-state index in [0.29, 0.717) is 11.4 Å². The maximum Gasteiger partial charge on any atom is 0.341 e. The van der Waals surface area contributed by atoms with E-state index < -0.39 is 18.0 Å². The van der Waals surface area contributed by atoms with E-state index in [0.717, 1.165) is 18.4 Å². The lowest BCUT2D eigenvalue weighted by Gasteiger charge is -2.24. The van der Waals surface area contributed by atoms with Crippen LogP contribution in [0.25, 0.3) is 0 Å². The van der Waals surface area contributed by atoms with Gasteiger partial charge in [0.15, 0.2) is 6.61 Å². The van der Waals surface area contributed by atoms with Crippen molar-refractivity contribution in [3.05, 3.63) is 59.9 Å². The van der Waals surface area contributed by atoms with Gasteiger partial charge in [-0.3, -0.25) is 4.79 Å². The zero-order chi connectivity index (χ0) is 18.0.